The summed E-state index contributed by atoms with van der Waals surface area (Å²) in [5.74, 6) is 0.662. The molecule has 0 aliphatic heterocycles. The SMILES string of the molecule is O=[N+]([O-])c1cc(Cl)c(Cl)cc1NCc1ccco1. The number of benzene rings is 1. The molecular formula is C11H8Cl2N2O3. The number of anilines is 1. The molecule has 2 aromatic rings. The third-order valence-corrected chi connectivity index (χ3v) is 2.99. The Labute approximate surface area is 112 Å². The van der Waals surface area contributed by atoms with Gasteiger partial charge in [0, 0.05) is 6.07 Å². The van der Waals surface area contributed by atoms with E-state index in [0.717, 1.165) is 0 Å². The molecule has 1 aromatic heterocycles. The van der Waals surface area contributed by atoms with Crippen LogP contribution in [0.2, 0.25) is 10.0 Å². The third-order valence-electron chi connectivity index (χ3n) is 2.27. The molecule has 0 aliphatic rings. The molecule has 0 saturated carbocycles. The standard InChI is InChI=1S/C11H8Cl2N2O3/c12-8-4-10(11(15(16)17)5-9(8)13)14-6-7-2-1-3-18-7/h1-5,14H,6H2. The molecule has 94 valence electrons. The zero-order valence-corrected chi connectivity index (χ0v) is 10.5. The van der Waals surface area contributed by atoms with Gasteiger partial charge in [-0.25, -0.2) is 0 Å². The summed E-state index contributed by atoms with van der Waals surface area (Å²) in [4.78, 5) is 10.4. The second-order valence-electron chi connectivity index (χ2n) is 3.47. The zero-order valence-electron chi connectivity index (χ0n) is 9.02. The van der Waals surface area contributed by atoms with E-state index in [2.05, 4.69) is 5.32 Å². The molecule has 0 radical (unpaired) electrons. The van der Waals surface area contributed by atoms with Gasteiger partial charge >= 0.3 is 0 Å². The average molecular weight is 287 g/mol. The summed E-state index contributed by atoms with van der Waals surface area (Å²) < 4.78 is 5.12. The molecule has 5 nitrogen and oxygen atoms in total. The fraction of sp³-hybridized carbons (Fsp3) is 0.0909. The van der Waals surface area contributed by atoms with Crippen LogP contribution in [0.5, 0.6) is 0 Å². The predicted molar refractivity (Wildman–Crippen MR) is 69.2 cm³/mol. The first-order valence-electron chi connectivity index (χ1n) is 4.97. The van der Waals surface area contributed by atoms with Crippen LogP contribution < -0.4 is 5.32 Å². The molecule has 0 bridgehead atoms. The minimum atomic E-state index is -0.521. The molecule has 0 amide bonds. The minimum absolute atomic E-state index is 0.129. The number of hydrogen-bond donors (Lipinski definition) is 1. The van der Waals surface area contributed by atoms with Crippen LogP contribution in [0.15, 0.2) is 34.9 Å². The van der Waals surface area contributed by atoms with Crippen molar-refractivity contribution >= 4 is 34.6 Å². The van der Waals surface area contributed by atoms with Crippen molar-refractivity contribution in [2.45, 2.75) is 6.54 Å². The Morgan fingerprint density at radius 3 is 2.67 bits per heavy atom. The highest BCUT2D eigenvalue weighted by atomic mass is 35.5. The number of halogens is 2. The lowest BCUT2D eigenvalue weighted by molar-refractivity contribution is -0.383. The van der Waals surface area contributed by atoms with Crippen molar-refractivity contribution in [3.63, 3.8) is 0 Å². The van der Waals surface area contributed by atoms with Gasteiger partial charge in [0.1, 0.15) is 11.4 Å². The van der Waals surface area contributed by atoms with E-state index in [1.165, 1.54) is 18.4 Å². The van der Waals surface area contributed by atoms with Gasteiger partial charge in [0.15, 0.2) is 0 Å². The van der Waals surface area contributed by atoms with Gasteiger partial charge < -0.3 is 9.73 Å². The molecule has 2 rings (SSSR count). The summed E-state index contributed by atoms with van der Waals surface area (Å²) >= 11 is 11.6. The number of hydrogen-bond acceptors (Lipinski definition) is 4. The minimum Gasteiger partial charge on any atom is -0.467 e. The first kappa shape index (κ1) is 12.7. The average Bonchev–Trinajstić information content (AvgIpc) is 2.83. The number of nitrogens with one attached hydrogen (secondary N) is 1. The van der Waals surface area contributed by atoms with Gasteiger partial charge in [0.2, 0.25) is 0 Å². The third kappa shape index (κ3) is 2.75. The van der Waals surface area contributed by atoms with Crippen LogP contribution in [0.1, 0.15) is 5.76 Å². The second kappa shape index (κ2) is 5.29. The van der Waals surface area contributed by atoms with Gasteiger partial charge in [0.25, 0.3) is 5.69 Å². The maximum atomic E-state index is 10.9. The quantitative estimate of drug-likeness (QED) is 0.678. The lowest BCUT2D eigenvalue weighted by Crippen LogP contribution is -2.02. The Morgan fingerprint density at radius 1 is 1.33 bits per heavy atom. The Balaban J connectivity index is 2.25. The highest BCUT2D eigenvalue weighted by molar-refractivity contribution is 6.42. The molecule has 7 heteroatoms. The molecule has 1 aromatic carbocycles. The normalized spacial score (nSPS) is 10.3. The lowest BCUT2D eigenvalue weighted by Gasteiger charge is -2.07. The Hall–Kier alpha value is -1.72. The highest BCUT2D eigenvalue weighted by Gasteiger charge is 2.16. The van der Waals surface area contributed by atoms with Crippen molar-refractivity contribution in [3.05, 3.63) is 56.4 Å². The Morgan fingerprint density at radius 2 is 2.06 bits per heavy atom. The fourth-order valence-corrected chi connectivity index (χ4v) is 1.75. The number of rotatable bonds is 4. The zero-order chi connectivity index (χ0) is 13.1. The molecule has 0 unspecified atom stereocenters. The van der Waals surface area contributed by atoms with E-state index >= 15 is 0 Å². The van der Waals surface area contributed by atoms with E-state index in [1.807, 2.05) is 0 Å². The molecule has 0 fully saturated rings. The first-order valence-corrected chi connectivity index (χ1v) is 5.73. The first-order chi connectivity index (χ1) is 8.58. The monoisotopic (exact) mass is 286 g/mol. The van der Waals surface area contributed by atoms with Crippen molar-refractivity contribution in [1.29, 1.82) is 0 Å². The summed E-state index contributed by atoms with van der Waals surface area (Å²) in [6, 6.07) is 6.13. The maximum absolute atomic E-state index is 10.9. The van der Waals surface area contributed by atoms with E-state index in [4.69, 9.17) is 27.6 Å². The van der Waals surface area contributed by atoms with Crippen LogP contribution in [-0.4, -0.2) is 4.92 Å². The van der Waals surface area contributed by atoms with Crippen molar-refractivity contribution in [1.82, 2.24) is 0 Å². The molecule has 1 N–H and O–H groups in total. The summed E-state index contributed by atoms with van der Waals surface area (Å²) in [6.45, 7) is 0.325. The molecular weight excluding hydrogens is 279 g/mol. The number of nitrogens with zero attached hydrogens (tertiary/aromatic N) is 1. The summed E-state index contributed by atoms with van der Waals surface area (Å²) in [5.41, 5.74) is 0.168. The van der Waals surface area contributed by atoms with E-state index in [9.17, 15) is 10.1 Å². The molecule has 1 heterocycles. The van der Waals surface area contributed by atoms with Crippen molar-refractivity contribution in [2.75, 3.05) is 5.32 Å². The second-order valence-corrected chi connectivity index (χ2v) is 4.29. The topological polar surface area (TPSA) is 68.3 Å². The largest absolute Gasteiger partial charge is 0.467 e. The Bertz CT molecular complexity index is 570. The summed E-state index contributed by atoms with van der Waals surface area (Å²) in [7, 11) is 0. The fourth-order valence-electron chi connectivity index (χ4n) is 1.42. The van der Waals surface area contributed by atoms with Gasteiger partial charge in [-0.15, -0.1) is 0 Å². The molecule has 18 heavy (non-hydrogen) atoms. The highest BCUT2D eigenvalue weighted by Crippen LogP contribution is 2.34. The molecule has 0 spiro atoms. The number of nitro groups is 1. The number of nitro benzene ring substituents is 1. The predicted octanol–water partition coefficient (Wildman–Crippen LogP) is 4.11. The van der Waals surface area contributed by atoms with Gasteiger partial charge in [-0.05, 0) is 18.2 Å². The van der Waals surface area contributed by atoms with Crippen LogP contribution in [0.25, 0.3) is 0 Å². The van der Waals surface area contributed by atoms with Crippen molar-refractivity contribution < 1.29 is 9.34 Å². The van der Waals surface area contributed by atoms with E-state index in [-0.39, 0.29) is 15.7 Å². The van der Waals surface area contributed by atoms with Gasteiger partial charge in [-0.2, -0.15) is 0 Å². The smallest absolute Gasteiger partial charge is 0.293 e. The molecule has 0 saturated heterocycles. The van der Waals surface area contributed by atoms with Gasteiger partial charge in [-0.3, -0.25) is 10.1 Å². The molecule has 0 aliphatic carbocycles. The van der Waals surface area contributed by atoms with Crippen molar-refractivity contribution in [2.24, 2.45) is 0 Å². The summed E-state index contributed by atoms with van der Waals surface area (Å²) in [5, 5.41) is 14.2. The van der Waals surface area contributed by atoms with Gasteiger partial charge in [-0.1, -0.05) is 23.2 Å². The maximum Gasteiger partial charge on any atom is 0.293 e. The van der Waals surface area contributed by atoms with Crippen LogP contribution in [-0.2, 0) is 6.54 Å². The van der Waals surface area contributed by atoms with E-state index in [0.29, 0.717) is 18.0 Å². The van der Waals surface area contributed by atoms with Gasteiger partial charge in [0.05, 0.1) is 27.8 Å². The van der Waals surface area contributed by atoms with E-state index < -0.39 is 4.92 Å². The van der Waals surface area contributed by atoms with Crippen LogP contribution in [0, 0.1) is 10.1 Å². The molecule has 0 atom stereocenters. The summed E-state index contributed by atoms with van der Waals surface area (Å²) in [6.07, 6.45) is 1.53. The van der Waals surface area contributed by atoms with Crippen molar-refractivity contribution in [3.8, 4) is 0 Å². The van der Waals surface area contributed by atoms with Crippen LogP contribution in [0.4, 0.5) is 11.4 Å². The van der Waals surface area contributed by atoms with Crippen LogP contribution in [0.3, 0.4) is 0 Å². The van der Waals surface area contributed by atoms with E-state index in [1.54, 1.807) is 12.1 Å². The lowest BCUT2D eigenvalue weighted by atomic mass is 10.2. The number of furan rings is 1. The van der Waals surface area contributed by atoms with Crippen LogP contribution >= 0.6 is 23.2 Å². The Kier molecular flexibility index (Phi) is 3.74.